The average molecular weight is 582 g/mol. The number of nitrogens with one attached hydrogen (secondary N) is 1. The number of anilines is 2. The smallest absolute Gasteiger partial charge is 0.256 e. The number of rotatable bonds is 12. The van der Waals surface area contributed by atoms with E-state index in [0.29, 0.717) is 64.9 Å². The molecule has 0 unspecified atom stereocenters. The number of benzene rings is 3. The zero-order valence-electron chi connectivity index (χ0n) is 22.7. The summed E-state index contributed by atoms with van der Waals surface area (Å²) in [7, 11) is 1.58. The first-order valence-electron chi connectivity index (χ1n) is 13.1. The summed E-state index contributed by atoms with van der Waals surface area (Å²) in [5.74, 6) is 1.44. The van der Waals surface area contributed by atoms with Crippen molar-refractivity contribution in [2.45, 2.75) is 32.7 Å². The summed E-state index contributed by atoms with van der Waals surface area (Å²) in [6.45, 7) is 5.30. The van der Waals surface area contributed by atoms with Crippen LogP contribution in [0.5, 0.6) is 17.2 Å². The van der Waals surface area contributed by atoms with Gasteiger partial charge in [0, 0.05) is 17.3 Å². The maximum atomic E-state index is 13.7. The number of amides is 2. The number of ether oxygens (including phenoxy) is 3. The zero-order chi connectivity index (χ0) is 28.6. The molecule has 2 amide bonds. The van der Waals surface area contributed by atoms with E-state index >= 15 is 0 Å². The molecule has 0 aromatic heterocycles. The van der Waals surface area contributed by atoms with Crippen molar-refractivity contribution in [3.8, 4) is 17.2 Å². The second-order valence-corrected chi connectivity index (χ2v) is 9.82. The van der Waals surface area contributed by atoms with Gasteiger partial charge in [0.2, 0.25) is 5.91 Å². The first-order valence-corrected chi connectivity index (χ1v) is 13.9. The van der Waals surface area contributed by atoms with Gasteiger partial charge in [-0.1, -0.05) is 23.7 Å². The van der Waals surface area contributed by atoms with E-state index in [1.54, 1.807) is 55.6 Å². The van der Waals surface area contributed by atoms with E-state index < -0.39 is 6.04 Å². The maximum absolute atomic E-state index is 13.7. The predicted octanol–water partition coefficient (Wildman–Crippen LogP) is 5.72. The summed E-state index contributed by atoms with van der Waals surface area (Å²) in [4.78, 5) is 30.0. The van der Waals surface area contributed by atoms with Crippen molar-refractivity contribution in [1.29, 1.82) is 0 Å². The number of carbonyl (C=O) groups is 2. The van der Waals surface area contributed by atoms with Gasteiger partial charge < -0.3 is 24.4 Å². The highest BCUT2D eigenvalue weighted by Gasteiger charge is 2.44. The summed E-state index contributed by atoms with van der Waals surface area (Å²) in [6.07, 6.45) is 0.495. The van der Waals surface area contributed by atoms with Gasteiger partial charge in [0.05, 0.1) is 32.4 Å². The fourth-order valence-corrected chi connectivity index (χ4v) is 5.10. The van der Waals surface area contributed by atoms with Crippen LogP contribution >= 0.6 is 23.8 Å². The molecule has 0 spiro atoms. The number of hydrogen-bond acceptors (Lipinski definition) is 6. The Morgan fingerprint density at radius 1 is 1.00 bits per heavy atom. The molecule has 1 heterocycles. The molecule has 0 aliphatic carbocycles. The minimum absolute atomic E-state index is 0.0739. The Balaban J connectivity index is 1.55. The Kier molecular flexibility index (Phi) is 9.84. The topological polar surface area (TPSA) is 80.3 Å². The van der Waals surface area contributed by atoms with Crippen LogP contribution in [0.2, 0.25) is 5.02 Å². The van der Waals surface area contributed by atoms with Gasteiger partial charge in [-0.3, -0.25) is 14.5 Å². The van der Waals surface area contributed by atoms with Crippen LogP contribution in [0.1, 0.15) is 25.8 Å². The normalized spacial score (nSPS) is 14.8. The van der Waals surface area contributed by atoms with Crippen molar-refractivity contribution in [3.63, 3.8) is 0 Å². The molecule has 1 aliphatic rings. The molecule has 40 heavy (non-hydrogen) atoms. The van der Waals surface area contributed by atoms with Gasteiger partial charge >= 0.3 is 0 Å². The number of thiocarbonyl (C=S) groups is 1. The molecule has 1 N–H and O–H groups in total. The van der Waals surface area contributed by atoms with Crippen LogP contribution in [0.3, 0.4) is 0 Å². The quantitative estimate of drug-likeness (QED) is 0.274. The third-order valence-corrected chi connectivity index (χ3v) is 7.04. The lowest BCUT2D eigenvalue weighted by molar-refractivity contribution is -0.124. The van der Waals surface area contributed by atoms with Crippen molar-refractivity contribution in [2.24, 2.45) is 0 Å². The van der Waals surface area contributed by atoms with Gasteiger partial charge in [0.25, 0.3) is 5.91 Å². The van der Waals surface area contributed by atoms with Crippen LogP contribution in [-0.4, -0.2) is 54.7 Å². The molecule has 3 aromatic rings. The minimum atomic E-state index is -0.779. The summed E-state index contributed by atoms with van der Waals surface area (Å²) in [5.41, 5.74) is 2.16. The third kappa shape index (κ3) is 6.84. The molecule has 0 bridgehead atoms. The molecule has 10 heteroatoms. The van der Waals surface area contributed by atoms with E-state index in [2.05, 4.69) is 5.32 Å². The molecule has 3 aromatic carbocycles. The van der Waals surface area contributed by atoms with Crippen LogP contribution in [0.4, 0.5) is 11.4 Å². The SMILES string of the molecule is CCOc1ccc(CCN2C(=S)N(c3cccc(Cl)c3)C(=O)[C@@H]2CC(=O)Nc2ccc(OC)cc2)cc1OCC. The van der Waals surface area contributed by atoms with Crippen LogP contribution < -0.4 is 24.4 Å². The molecular weight excluding hydrogens is 550 g/mol. The van der Waals surface area contributed by atoms with Crippen LogP contribution in [-0.2, 0) is 16.0 Å². The Morgan fingerprint density at radius 3 is 2.40 bits per heavy atom. The highest BCUT2D eigenvalue weighted by molar-refractivity contribution is 7.80. The molecule has 1 saturated heterocycles. The van der Waals surface area contributed by atoms with Gasteiger partial charge in [-0.2, -0.15) is 0 Å². The molecule has 0 saturated carbocycles. The van der Waals surface area contributed by atoms with E-state index in [9.17, 15) is 9.59 Å². The molecule has 1 fully saturated rings. The summed E-state index contributed by atoms with van der Waals surface area (Å²) in [5, 5.41) is 3.68. The zero-order valence-corrected chi connectivity index (χ0v) is 24.3. The fraction of sp³-hybridized carbons (Fsp3) is 0.300. The molecule has 0 radical (unpaired) electrons. The van der Waals surface area contributed by atoms with Crippen molar-refractivity contribution in [2.75, 3.05) is 37.1 Å². The highest BCUT2D eigenvalue weighted by atomic mass is 35.5. The lowest BCUT2D eigenvalue weighted by Gasteiger charge is -2.24. The predicted molar refractivity (Wildman–Crippen MR) is 161 cm³/mol. The molecule has 8 nitrogen and oxygen atoms in total. The van der Waals surface area contributed by atoms with Crippen LogP contribution in [0, 0.1) is 0 Å². The van der Waals surface area contributed by atoms with Gasteiger partial charge in [-0.15, -0.1) is 0 Å². The first-order chi connectivity index (χ1) is 19.3. The van der Waals surface area contributed by atoms with Crippen LogP contribution in [0.15, 0.2) is 66.7 Å². The highest BCUT2D eigenvalue weighted by Crippen LogP contribution is 2.31. The Hall–Kier alpha value is -3.82. The Labute approximate surface area is 244 Å². The van der Waals surface area contributed by atoms with Crippen molar-refractivity contribution < 1.29 is 23.8 Å². The number of halogens is 1. The lowest BCUT2D eigenvalue weighted by atomic mass is 10.1. The second-order valence-electron chi connectivity index (χ2n) is 9.02. The lowest BCUT2D eigenvalue weighted by Crippen LogP contribution is -2.39. The molecule has 4 rings (SSSR count). The second kappa shape index (κ2) is 13.5. The molecule has 210 valence electrons. The maximum Gasteiger partial charge on any atom is 0.256 e. The molecule has 1 atom stereocenters. The summed E-state index contributed by atoms with van der Waals surface area (Å²) >= 11 is 12.0. The number of carbonyl (C=O) groups excluding carboxylic acids is 2. The van der Waals surface area contributed by atoms with E-state index in [0.717, 1.165) is 5.56 Å². The van der Waals surface area contributed by atoms with Gasteiger partial charge in [0.1, 0.15) is 11.8 Å². The van der Waals surface area contributed by atoms with E-state index in [4.69, 9.17) is 38.0 Å². The molecular formula is C30H32ClN3O5S. The van der Waals surface area contributed by atoms with E-state index in [1.165, 1.54) is 4.90 Å². The van der Waals surface area contributed by atoms with Crippen molar-refractivity contribution in [1.82, 2.24) is 4.90 Å². The summed E-state index contributed by atoms with van der Waals surface area (Å²) in [6, 6.07) is 19.0. The first kappa shape index (κ1) is 29.2. The monoisotopic (exact) mass is 581 g/mol. The number of nitrogens with zero attached hydrogens (tertiary/aromatic N) is 2. The summed E-state index contributed by atoms with van der Waals surface area (Å²) < 4.78 is 16.6. The number of methoxy groups -OCH3 is 1. The van der Waals surface area contributed by atoms with Crippen molar-refractivity contribution in [3.05, 3.63) is 77.3 Å². The van der Waals surface area contributed by atoms with Crippen molar-refractivity contribution >= 4 is 52.1 Å². The van der Waals surface area contributed by atoms with Gasteiger partial charge in [-0.05, 0) is 92.6 Å². The third-order valence-electron chi connectivity index (χ3n) is 6.39. The standard InChI is InChI=1S/C30H32ClN3O5S/c1-4-38-26-14-9-20(17-27(26)39-5-2)15-16-33-25(19-28(35)32-22-10-12-24(37-3)13-11-22)29(36)34(30(33)40)23-8-6-7-21(31)18-23/h6-14,17-18,25H,4-5,15-16,19H2,1-3H3,(H,32,35)/t25-/m0/s1. The van der Waals surface area contributed by atoms with Gasteiger partial charge in [0.15, 0.2) is 16.6 Å². The number of hydrogen-bond donors (Lipinski definition) is 1. The van der Waals surface area contributed by atoms with E-state index in [1.807, 2.05) is 36.9 Å². The minimum Gasteiger partial charge on any atom is -0.497 e. The average Bonchev–Trinajstić information content (AvgIpc) is 3.17. The van der Waals surface area contributed by atoms with Crippen LogP contribution in [0.25, 0.3) is 0 Å². The fourth-order valence-electron chi connectivity index (χ4n) is 4.50. The Morgan fingerprint density at radius 2 is 1.73 bits per heavy atom. The molecule has 1 aliphatic heterocycles. The van der Waals surface area contributed by atoms with E-state index in [-0.39, 0.29) is 18.2 Å². The Bertz CT molecular complexity index is 1370. The van der Waals surface area contributed by atoms with Gasteiger partial charge in [-0.25, -0.2) is 0 Å². The largest absolute Gasteiger partial charge is 0.497 e.